The quantitative estimate of drug-likeness (QED) is 0.423. The summed E-state index contributed by atoms with van der Waals surface area (Å²) in [5.41, 5.74) is 3.07. The topological polar surface area (TPSA) is 48.6 Å². The number of benzene rings is 2. The van der Waals surface area contributed by atoms with Gasteiger partial charge in [-0.2, -0.15) is 0 Å². The molecule has 0 aliphatic heterocycles. The normalized spacial score (nSPS) is 10.3. The molecule has 0 bridgehead atoms. The van der Waals surface area contributed by atoms with Gasteiger partial charge in [0.05, 0.1) is 25.4 Å². The van der Waals surface area contributed by atoms with E-state index in [0.717, 1.165) is 16.6 Å². The lowest BCUT2D eigenvalue weighted by molar-refractivity contribution is 0.355. The number of hydrogen-bond donors (Lipinski definition) is 0. The van der Waals surface area contributed by atoms with Crippen molar-refractivity contribution in [3.63, 3.8) is 0 Å². The van der Waals surface area contributed by atoms with Crippen LogP contribution in [0.3, 0.4) is 0 Å². The number of ether oxygens (including phenoxy) is 2. The number of aryl methyl sites for hydroxylation is 1. The Bertz CT molecular complexity index is 1180. The highest BCUT2D eigenvalue weighted by molar-refractivity contribution is 5.90. The van der Waals surface area contributed by atoms with Gasteiger partial charge < -0.3 is 19.0 Å². The third-order valence-corrected chi connectivity index (χ3v) is 4.66. The summed E-state index contributed by atoms with van der Waals surface area (Å²) in [7, 11) is 4.76. The Morgan fingerprint density at radius 2 is 1.70 bits per heavy atom. The van der Waals surface area contributed by atoms with Gasteiger partial charge in [0, 0.05) is 29.9 Å². The molecular weight excluding hydrogens is 381 g/mol. The van der Waals surface area contributed by atoms with Crippen LogP contribution in [-0.4, -0.2) is 37.5 Å². The number of fused-ring (bicyclic) bond motifs is 1. The first-order valence-corrected chi connectivity index (χ1v) is 9.35. The van der Waals surface area contributed by atoms with Crippen LogP contribution in [0.25, 0.3) is 27.8 Å². The minimum Gasteiger partial charge on any atom is -0.493 e. The van der Waals surface area contributed by atoms with Crippen LogP contribution in [0.1, 0.15) is 5.69 Å². The Balaban J connectivity index is 0.000000806. The lowest BCUT2D eigenvalue weighted by atomic mass is 10.1. The summed E-state index contributed by atoms with van der Waals surface area (Å²) in [6.45, 7) is 5.06. The van der Waals surface area contributed by atoms with Crippen molar-refractivity contribution in [2.75, 3.05) is 21.3 Å². The van der Waals surface area contributed by atoms with Crippen molar-refractivity contribution in [1.82, 2.24) is 9.55 Å². The maximum absolute atomic E-state index is 15.7. The van der Waals surface area contributed by atoms with Gasteiger partial charge in [0.1, 0.15) is 5.69 Å². The number of halogens is 1. The molecule has 2 aromatic heterocycles. The Hall–Kier alpha value is -3.67. The van der Waals surface area contributed by atoms with Crippen molar-refractivity contribution >= 4 is 17.6 Å². The number of aromatic nitrogens is 2. The van der Waals surface area contributed by atoms with E-state index in [4.69, 9.17) is 9.47 Å². The van der Waals surface area contributed by atoms with Crippen LogP contribution >= 0.6 is 0 Å². The molecule has 4 aromatic rings. The molecule has 0 atom stereocenters. The van der Waals surface area contributed by atoms with E-state index in [9.17, 15) is 0 Å². The van der Waals surface area contributed by atoms with E-state index < -0.39 is 0 Å². The number of pyridine rings is 1. The molecule has 30 heavy (non-hydrogen) atoms. The predicted octanol–water partition coefficient (Wildman–Crippen LogP) is 5.47. The molecule has 0 fully saturated rings. The van der Waals surface area contributed by atoms with Crippen molar-refractivity contribution in [1.29, 1.82) is 0 Å². The standard InChI is InChI=1S/C22H19FN2O2.C2H5N/c1-14-7-6-12-25(14)22-16-8-4-5-9-17(16)24-21(20(22)23)15-10-11-18(26-2)19(13-15)27-3;1-3-2/h4-13H,1-3H3;1H2,2H3. The Morgan fingerprint density at radius 1 is 1.00 bits per heavy atom. The fourth-order valence-electron chi connectivity index (χ4n) is 3.30. The van der Waals surface area contributed by atoms with Crippen molar-refractivity contribution in [2.45, 2.75) is 6.92 Å². The first-order chi connectivity index (χ1) is 14.5. The van der Waals surface area contributed by atoms with Gasteiger partial charge in [-0.1, -0.05) is 18.2 Å². The monoisotopic (exact) mass is 405 g/mol. The van der Waals surface area contributed by atoms with Gasteiger partial charge in [-0.3, -0.25) is 0 Å². The van der Waals surface area contributed by atoms with Gasteiger partial charge in [0.15, 0.2) is 17.3 Å². The van der Waals surface area contributed by atoms with E-state index in [2.05, 4.69) is 16.7 Å². The minimum atomic E-state index is -0.375. The van der Waals surface area contributed by atoms with Crippen LogP contribution < -0.4 is 9.47 Å². The van der Waals surface area contributed by atoms with Crippen LogP contribution in [0.4, 0.5) is 4.39 Å². The first-order valence-electron chi connectivity index (χ1n) is 9.35. The zero-order valence-electron chi connectivity index (χ0n) is 17.5. The van der Waals surface area contributed by atoms with Crippen molar-refractivity contribution in [2.24, 2.45) is 4.99 Å². The van der Waals surface area contributed by atoms with E-state index in [1.54, 1.807) is 39.5 Å². The lowest BCUT2D eigenvalue weighted by Gasteiger charge is -2.15. The van der Waals surface area contributed by atoms with Gasteiger partial charge in [0.2, 0.25) is 0 Å². The van der Waals surface area contributed by atoms with E-state index in [-0.39, 0.29) is 11.5 Å². The molecule has 2 heterocycles. The molecule has 4 rings (SSSR count). The van der Waals surface area contributed by atoms with E-state index in [1.807, 2.05) is 54.1 Å². The molecule has 0 saturated heterocycles. The van der Waals surface area contributed by atoms with Crippen LogP contribution in [-0.2, 0) is 0 Å². The summed E-state index contributed by atoms with van der Waals surface area (Å²) in [5.74, 6) is 0.743. The maximum atomic E-state index is 15.7. The molecule has 0 unspecified atom stereocenters. The molecule has 0 saturated carbocycles. The zero-order chi connectivity index (χ0) is 21.7. The van der Waals surface area contributed by atoms with Crippen molar-refractivity contribution in [3.05, 3.63) is 72.3 Å². The minimum absolute atomic E-state index is 0.276. The second-order valence-corrected chi connectivity index (χ2v) is 6.55. The first kappa shape index (κ1) is 21.0. The third-order valence-electron chi connectivity index (χ3n) is 4.66. The molecule has 0 aliphatic carbocycles. The Kier molecular flexibility index (Phi) is 6.47. The highest BCUT2D eigenvalue weighted by atomic mass is 19.1. The van der Waals surface area contributed by atoms with Crippen molar-refractivity contribution in [3.8, 4) is 28.4 Å². The zero-order valence-corrected chi connectivity index (χ0v) is 17.5. The lowest BCUT2D eigenvalue weighted by Crippen LogP contribution is -2.04. The SMILES string of the molecule is C=NC.COc1ccc(-c2nc3ccccc3c(-n3cccc3C)c2F)cc1OC. The number of aliphatic imine (C=N–C) groups is 1. The fraction of sp³-hybridized carbons (Fsp3) is 0.167. The molecule has 5 nitrogen and oxygen atoms in total. The second kappa shape index (κ2) is 9.22. The second-order valence-electron chi connectivity index (χ2n) is 6.55. The number of para-hydroxylation sites is 1. The van der Waals surface area contributed by atoms with Crippen LogP contribution in [0.2, 0.25) is 0 Å². The summed E-state index contributed by atoms with van der Waals surface area (Å²) in [5, 5.41) is 0.763. The molecule has 154 valence electrons. The van der Waals surface area contributed by atoms with E-state index in [0.29, 0.717) is 22.7 Å². The van der Waals surface area contributed by atoms with Gasteiger partial charge in [0.25, 0.3) is 0 Å². The summed E-state index contributed by atoms with van der Waals surface area (Å²) in [4.78, 5) is 7.84. The average Bonchev–Trinajstić information content (AvgIpc) is 3.18. The summed E-state index contributed by atoms with van der Waals surface area (Å²) >= 11 is 0. The largest absolute Gasteiger partial charge is 0.493 e. The van der Waals surface area contributed by atoms with Gasteiger partial charge >= 0.3 is 0 Å². The molecule has 0 N–H and O–H groups in total. The summed E-state index contributed by atoms with van der Waals surface area (Å²) in [6, 6.07) is 16.7. The average molecular weight is 405 g/mol. The number of methoxy groups -OCH3 is 2. The number of rotatable bonds is 4. The van der Waals surface area contributed by atoms with Gasteiger partial charge in [-0.05, 0) is 50.0 Å². The predicted molar refractivity (Wildman–Crippen MR) is 120 cm³/mol. The molecule has 0 aliphatic rings. The number of hydrogen-bond acceptors (Lipinski definition) is 4. The van der Waals surface area contributed by atoms with E-state index in [1.165, 1.54) is 0 Å². The third kappa shape index (κ3) is 3.89. The highest BCUT2D eigenvalue weighted by Crippen LogP contribution is 2.36. The Morgan fingerprint density at radius 3 is 2.33 bits per heavy atom. The molecule has 6 heteroatoms. The Labute approximate surface area is 175 Å². The maximum Gasteiger partial charge on any atom is 0.174 e. The van der Waals surface area contributed by atoms with Gasteiger partial charge in [-0.25, -0.2) is 9.37 Å². The molecule has 2 aromatic carbocycles. The smallest absolute Gasteiger partial charge is 0.174 e. The van der Waals surface area contributed by atoms with Crippen molar-refractivity contribution < 1.29 is 13.9 Å². The molecular formula is C24H24FN3O2. The summed E-state index contributed by atoms with van der Waals surface area (Å²) in [6.07, 6.45) is 1.86. The molecule has 0 amide bonds. The summed E-state index contributed by atoms with van der Waals surface area (Å²) < 4.78 is 28.2. The van der Waals surface area contributed by atoms with Crippen LogP contribution in [0.15, 0.2) is 65.8 Å². The molecule has 0 spiro atoms. The fourth-order valence-corrected chi connectivity index (χ4v) is 3.30. The molecule has 0 radical (unpaired) electrons. The highest BCUT2D eigenvalue weighted by Gasteiger charge is 2.19. The van der Waals surface area contributed by atoms with Gasteiger partial charge in [-0.15, -0.1) is 0 Å². The van der Waals surface area contributed by atoms with Crippen LogP contribution in [0.5, 0.6) is 11.5 Å². The number of nitrogens with zero attached hydrogens (tertiary/aromatic N) is 3. The van der Waals surface area contributed by atoms with Crippen LogP contribution in [0, 0.1) is 12.7 Å². The van der Waals surface area contributed by atoms with E-state index >= 15 is 4.39 Å².